The second-order valence-corrected chi connectivity index (χ2v) is 34.0. The molecule has 3 heterocycles. The SMILES string of the molecule is Cc1cc(-c2ccc3c4c(-c5ccccc5)c5c6ccc(-c7cc(C)c8c(c7)C7(C)CCCCC7(C)N8c7ccccc7)c7c(-c8cc(C)c9c(c8)C8(C)CCCCC8(C)N9c8ccccc8)ccc(c5c(-c5ccccc5)c4c4cccc2c43)c76)cc2c1N(c1ccccc1)C1(C)CCCCC21C. The smallest absolute Gasteiger partial charge is 0.0518 e. The van der Waals surface area contributed by atoms with Crippen LogP contribution >= 0.6 is 0 Å². The van der Waals surface area contributed by atoms with Crippen LogP contribution in [0, 0.1) is 20.8 Å². The zero-order chi connectivity index (χ0) is 70.1. The molecule has 3 nitrogen and oxygen atoms in total. The molecular weight excluding hydrogens is 1260 g/mol. The van der Waals surface area contributed by atoms with Gasteiger partial charge in [0, 0.05) is 50.4 Å². The van der Waals surface area contributed by atoms with Gasteiger partial charge in [0.1, 0.15) is 0 Å². The van der Waals surface area contributed by atoms with E-state index in [4.69, 9.17) is 0 Å². The zero-order valence-corrected chi connectivity index (χ0v) is 61.9. The van der Waals surface area contributed by atoms with Crippen LogP contribution in [0.5, 0.6) is 0 Å². The standard InChI is InChI=1S/C101H91N3/c1-62-56-67(59-81-93(62)102(70-36-19-12-20-37-70)99(7)53-28-25-50-96(81,99)4)73-44-47-78-86-76(73)42-31-43-77(86)89-84(65-32-15-10-16-33-65)91-79-48-45-74(68-57-63(2)94-82(60-68)97(5)51-26-29-54-100(97,8)103(94)71-38-21-13-22-39-71)87-75(46-49-80(88(79)87)92(91)85(90(78)89)66-34-17-11-18-35-66)69-58-64(3)95-83(61-69)98(6)52-27-30-55-101(98,9)104(95)72-40-23-14-24-41-72/h10-24,31-49,56-61H,25-30,50-55H2,1-9H3. The highest BCUT2D eigenvalue weighted by Gasteiger charge is 2.61. The summed E-state index contributed by atoms with van der Waals surface area (Å²) in [6, 6.07) is 95.3. The Morgan fingerprint density at radius 2 is 0.538 bits per heavy atom. The highest BCUT2D eigenvalue weighted by Crippen LogP contribution is 2.67. The molecule has 0 saturated heterocycles. The van der Waals surface area contributed by atoms with Crippen molar-refractivity contribution in [2.45, 2.75) is 172 Å². The number of hydrogen-bond acceptors (Lipinski definition) is 3. The molecule has 3 aliphatic heterocycles. The first-order valence-electron chi connectivity index (χ1n) is 39.1. The molecule has 0 amide bonds. The fourth-order valence-electron chi connectivity index (χ4n) is 23.6. The third kappa shape index (κ3) is 7.93. The van der Waals surface area contributed by atoms with Crippen LogP contribution in [0.3, 0.4) is 0 Å². The molecule has 3 heteroatoms. The first-order valence-corrected chi connectivity index (χ1v) is 39.1. The van der Waals surface area contributed by atoms with Crippen LogP contribution in [0.4, 0.5) is 34.1 Å². The lowest BCUT2D eigenvalue weighted by atomic mass is 9.61. The summed E-state index contributed by atoms with van der Waals surface area (Å²) in [6.07, 6.45) is 14.4. The Hall–Kier alpha value is -10.2. The second-order valence-electron chi connectivity index (χ2n) is 34.0. The molecule has 0 spiro atoms. The molecular formula is C101H91N3. The summed E-state index contributed by atoms with van der Waals surface area (Å²) < 4.78 is 0. The van der Waals surface area contributed by atoms with E-state index in [1.54, 1.807) is 0 Å². The Kier molecular flexibility index (Phi) is 13.1. The number of rotatable bonds is 8. The first kappa shape index (κ1) is 62.4. The third-order valence-corrected chi connectivity index (χ3v) is 29.1. The van der Waals surface area contributed by atoms with Crippen LogP contribution in [0.1, 0.15) is 152 Å². The maximum Gasteiger partial charge on any atom is 0.0518 e. The molecule has 0 radical (unpaired) electrons. The van der Waals surface area contributed by atoms with Gasteiger partial charge in [-0.2, -0.15) is 0 Å². The molecule has 3 fully saturated rings. The molecule has 6 unspecified atom stereocenters. The summed E-state index contributed by atoms with van der Waals surface area (Å²) >= 11 is 0. The second kappa shape index (κ2) is 21.9. The lowest BCUT2D eigenvalue weighted by Crippen LogP contribution is -2.54. The number of para-hydroxylation sites is 3. The van der Waals surface area contributed by atoms with Gasteiger partial charge in [-0.3, -0.25) is 0 Å². The minimum atomic E-state index is -0.0826. The van der Waals surface area contributed by atoms with Crippen molar-refractivity contribution in [3.63, 3.8) is 0 Å². The molecule has 104 heavy (non-hydrogen) atoms. The molecule has 3 saturated carbocycles. The molecule has 6 atom stereocenters. The number of benzene rings is 13. The molecule has 15 aromatic rings. The summed E-state index contributed by atoms with van der Waals surface area (Å²) in [6.45, 7) is 22.8. The monoisotopic (exact) mass is 1350 g/mol. The number of anilines is 6. The zero-order valence-electron chi connectivity index (χ0n) is 61.9. The van der Waals surface area contributed by atoms with Gasteiger partial charge in [-0.05, 0) is 307 Å². The van der Waals surface area contributed by atoms with Crippen molar-refractivity contribution >= 4 is 98.8 Å². The largest absolute Gasteiger partial charge is 0.334 e. The van der Waals surface area contributed by atoms with Gasteiger partial charge < -0.3 is 14.7 Å². The Bertz CT molecular complexity index is 5810. The van der Waals surface area contributed by atoms with Gasteiger partial charge in [0.25, 0.3) is 0 Å². The van der Waals surface area contributed by atoms with Crippen LogP contribution in [-0.2, 0) is 16.2 Å². The Balaban J connectivity index is 0.868. The van der Waals surface area contributed by atoms with Crippen LogP contribution < -0.4 is 14.7 Å². The van der Waals surface area contributed by atoms with Crippen molar-refractivity contribution in [1.82, 2.24) is 0 Å². The summed E-state index contributed by atoms with van der Waals surface area (Å²) in [5.41, 5.74) is 29.3. The van der Waals surface area contributed by atoms with E-state index in [-0.39, 0.29) is 32.9 Å². The van der Waals surface area contributed by atoms with Gasteiger partial charge in [-0.15, -0.1) is 0 Å². The molecule has 0 N–H and O–H groups in total. The predicted octanol–water partition coefficient (Wildman–Crippen LogP) is 28.0. The van der Waals surface area contributed by atoms with Crippen molar-refractivity contribution in [2.75, 3.05) is 14.7 Å². The fraction of sp³-hybridized carbons (Fsp3) is 0.267. The average molecular weight is 1350 g/mol. The third-order valence-electron chi connectivity index (χ3n) is 29.1. The minimum Gasteiger partial charge on any atom is -0.334 e. The molecule has 15 aromatic carbocycles. The van der Waals surface area contributed by atoms with Gasteiger partial charge in [-0.1, -0.05) is 229 Å². The van der Waals surface area contributed by atoms with Gasteiger partial charge in [0.15, 0.2) is 0 Å². The van der Waals surface area contributed by atoms with E-state index in [0.717, 1.165) is 25.7 Å². The fourth-order valence-corrected chi connectivity index (χ4v) is 23.6. The molecule has 510 valence electrons. The topological polar surface area (TPSA) is 9.72 Å². The maximum atomic E-state index is 2.77. The van der Waals surface area contributed by atoms with Gasteiger partial charge in [-0.25, -0.2) is 0 Å². The first-order chi connectivity index (χ1) is 50.6. The molecule has 3 aliphatic carbocycles. The van der Waals surface area contributed by atoms with Crippen molar-refractivity contribution in [3.05, 3.63) is 276 Å². The number of aryl methyl sites for hydroxylation is 3. The summed E-state index contributed by atoms with van der Waals surface area (Å²) in [5, 5.41) is 16.0. The molecule has 0 bridgehead atoms. The van der Waals surface area contributed by atoms with E-state index in [1.165, 1.54) is 239 Å². The highest BCUT2D eigenvalue weighted by molar-refractivity contribution is 6.47. The predicted molar refractivity (Wildman–Crippen MR) is 444 cm³/mol. The maximum absolute atomic E-state index is 2.77. The van der Waals surface area contributed by atoms with Crippen molar-refractivity contribution in [3.8, 4) is 55.6 Å². The van der Waals surface area contributed by atoms with Crippen molar-refractivity contribution in [1.29, 1.82) is 0 Å². The van der Waals surface area contributed by atoms with Gasteiger partial charge in [0.2, 0.25) is 0 Å². The molecule has 6 aliphatic rings. The summed E-state index contributed by atoms with van der Waals surface area (Å²) in [7, 11) is 0. The van der Waals surface area contributed by atoms with Gasteiger partial charge >= 0.3 is 0 Å². The summed E-state index contributed by atoms with van der Waals surface area (Å²) in [4.78, 5) is 8.29. The van der Waals surface area contributed by atoms with Crippen LogP contribution in [0.2, 0.25) is 0 Å². The van der Waals surface area contributed by atoms with Crippen LogP contribution in [0.15, 0.2) is 243 Å². The molecule has 21 rings (SSSR count). The van der Waals surface area contributed by atoms with E-state index >= 15 is 0 Å². The lowest BCUT2D eigenvalue weighted by molar-refractivity contribution is 0.195. The van der Waals surface area contributed by atoms with E-state index in [1.807, 2.05) is 0 Å². The lowest BCUT2D eigenvalue weighted by Gasteiger charge is -2.50. The Labute approximate surface area is 613 Å². The van der Waals surface area contributed by atoms with Crippen LogP contribution in [0.25, 0.3) is 120 Å². The number of hydrogen-bond donors (Lipinski definition) is 0. The van der Waals surface area contributed by atoms with E-state index in [9.17, 15) is 0 Å². The number of fused-ring (bicyclic) bond motifs is 15. The van der Waals surface area contributed by atoms with Gasteiger partial charge in [0.05, 0.1) is 16.6 Å². The van der Waals surface area contributed by atoms with Crippen molar-refractivity contribution < 1.29 is 0 Å². The average Bonchev–Trinajstić information content (AvgIpc) is 1.51. The molecule has 0 aromatic heterocycles. The minimum absolute atomic E-state index is 0.0152. The number of nitrogens with zero attached hydrogens (tertiary/aromatic N) is 3. The quantitative estimate of drug-likeness (QED) is 0.150. The van der Waals surface area contributed by atoms with Crippen molar-refractivity contribution in [2.24, 2.45) is 0 Å². The van der Waals surface area contributed by atoms with Crippen LogP contribution in [-0.4, -0.2) is 16.6 Å². The van der Waals surface area contributed by atoms with E-state index in [2.05, 4.69) is 320 Å². The van der Waals surface area contributed by atoms with E-state index < -0.39 is 0 Å². The Morgan fingerprint density at radius 3 is 0.904 bits per heavy atom. The highest BCUT2D eigenvalue weighted by atomic mass is 15.3. The normalized spacial score (nSPS) is 24.1. The van der Waals surface area contributed by atoms with E-state index in [0.29, 0.717) is 0 Å². The Morgan fingerprint density at radius 1 is 0.240 bits per heavy atom. The summed E-state index contributed by atoms with van der Waals surface area (Å²) in [5.74, 6) is 0.